The molecular weight excluding hydrogens is 236 g/mol. The van der Waals surface area contributed by atoms with E-state index in [1.807, 2.05) is 13.8 Å². The van der Waals surface area contributed by atoms with Gasteiger partial charge in [-0.1, -0.05) is 39.3 Å². The molecule has 1 aromatic rings. The molecule has 0 aromatic carbocycles. The third-order valence-electron chi connectivity index (χ3n) is 2.38. The van der Waals surface area contributed by atoms with Crippen molar-refractivity contribution in [1.29, 1.82) is 0 Å². The Balaban J connectivity index is 2.53. The smallest absolute Gasteiger partial charge is 0.218 e. The van der Waals surface area contributed by atoms with Crippen LogP contribution in [0.1, 0.15) is 52.3 Å². The third kappa shape index (κ3) is 5.35. The average molecular weight is 257 g/mol. The van der Waals surface area contributed by atoms with E-state index in [4.69, 9.17) is 16.3 Å². The van der Waals surface area contributed by atoms with Crippen LogP contribution in [0.2, 0.25) is 5.15 Å². The zero-order valence-electron chi connectivity index (χ0n) is 11.0. The number of hydrogen-bond acceptors (Lipinski definition) is 3. The van der Waals surface area contributed by atoms with Crippen molar-refractivity contribution in [3.05, 3.63) is 17.0 Å². The first-order chi connectivity index (χ1) is 7.99. The van der Waals surface area contributed by atoms with Gasteiger partial charge in [-0.3, -0.25) is 0 Å². The van der Waals surface area contributed by atoms with Gasteiger partial charge in [0.25, 0.3) is 0 Å². The second-order valence-electron chi connectivity index (χ2n) is 4.93. The zero-order chi connectivity index (χ0) is 12.8. The molecule has 1 heterocycles. The topological polar surface area (TPSA) is 35.0 Å². The van der Waals surface area contributed by atoms with Gasteiger partial charge in [0.2, 0.25) is 5.88 Å². The van der Waals surface area contributed by atoms with Gasteiger partial charge in [0.05, 0.1) is 6.61 Å². The monoisotopic (exact) mass is 256 g/mol. The van der Waals surface area contributed by atoms with E-state index >= 15 is 0 Å². The molecule has 96 valence electrons. The molecule has 0 aliphatic carbocycles. The van der Waals surface area contributed by atoms with Gasteiger partial charge >= 0.3 is 0 Å². The molecule has 4 heteroatoms. The summed E-state index contributed by atoms with van der Waals surface area (Å²) in [6.07, 6.45) is 2.20. The van der Waals surface area contributed by atoms with Gasteiger partial charge < -0.3 is 4.74 Å². The summed E-state index contributed by atoms with van der Waals surface area (Å²) in [4.78, 5) is 8.50. The van der Waals surface area contributed by atoms with Crippen LogP contribution in [0.3, 0.4) is 0 Å². The molecule has 0 N–H and O–H groups in total. The first-order valence-electron chi connectivity index (χ1n) is 6.16. The molecule has 1 aromatic heterocycles. The third-order valence-corrected chi connectivity index (χ3v) is 2.57. The zero-order valence-corrected chi connectivity index (χ0v) is 11.8. The van der Waals surface area contributed by atoms with Crippen LogP contribution in [0.25, 0.3) is 0 Å². The van der Waals surface area contributed by atoms with Crippen LogP contribution >= 0.6 is 11.6 Å². The largest absolute Gasteiger partial charge is 0.478 e. The molecule has 1 rings (SSSR count). The fourth-order valence-corrected chi connectivity index (χ4v) is 1.59. The van der Waals surface area contributed by atoms with Crippen molar-refractivity contribution in [2.24, 2.45) is 5.92 Å². The number of aromatic nitrogens is 2. The molecule has 0 unspecified atom stereocenters. The first kappa shape index (κ1) is 14.2. The summed E-state index contributed by atoms with van der Waals surface area (Å²) in [6.45, 7) is 9.17. The quantitative estimate of drug-likeness (QED) is 0.569. The normalized spacial score (nSPS) is 11.2. The summed E-state index contributed by atoms with van der Waals surface area (Å²) in [5, 5.41) is 0.447. The molecular formula is C13H21ClN2O. The Morgan fingerprint density at radius 3 is 2.53 bits per heavy atom. The molecule has 3 nitrogen and oxygen atoms in total. The van der Waals surface area contributed by atoms with E-state index in [2.05, 4.69) is 23.8 Å². The van der Waals surface area contributed by atoms with E-state index in [1.165, 1.54) is 0 Å². The highest BCUT2D eigenvalue weighted by Crippen LogP contribution is 2.18. The van der Waals surface area contributed by atoms with E-state index in [0.29, 0.717) is 23.6 Å². The number of halogens is 1. The van der Waals surface area contributed by atoms with Gasteiger partial charge in [0.1, 0.15) is 11.0 Å². The molecule has 0 atom stereocenters. The van der Waals surface area contributed by atoms with Crippen molar-refractivity contribution in [3.63, 3.8) is 0 Å². The van der Waals surface area contributed by atoms with E-state index in [-0.39, 0.29) is 5.92 Å². The lowest BCUT2D eigenvalue weighted by molar-refractivity contribution is 0.285. The van der Waals surface area contributed by atoms with Crippen LogP contribution in [0.5, 0.6) is 5.88 Å². The minimum absolute atomic E-state index is 0.256. The van der Waals surface area contributed by atoms with E-state index in [1.54, 1.807) is 6.07 Å². The Morgan fingerprint density at radius 1 is 1.24 bits per heavy atom. The first-order valence-corrected chi connectivity index (χ1v) is 6.54. The lowest BCUT2D eigenvalue weighted by atomic mass is 10.1. The summed E-state index contributed by atoms with van der Waals surface area (Å²) >= 11 is 5.93. The highest BCUT2D eigenvalue weighted by atomic mass is 35.5. The predicted molar refractivity (Wildman–Crippen MR) is 70.7 cm³/mol. The van der Waals surface area contributed by atoms with E-state index in [9.17, 15) is 0 Å². The lowest BCUT2D eigenvalue weighted by Crippen LogP contribution is -2.04. The average Bonchev–Trinajstić information content (AvgIpc) is 2.23. The van der Waals surface area contributed by atoms with Gasteiger partial charge in [-0.15, -0.1) is 0 Å². The molecule has 0 radical (unpaired) electrons. The van der Waals surface area contributed by atoms with E-state index in [0.717, 1.165) is 18.7 Å². The van der Waals surface area contributed by atoms with Crippen molar-refractivity contribution >= 4 is 11.6 Å². The van der Waals surface area contributed by atoms with Gasteiger partial charge in [-0.2, -0.15) is 4.98 Å². The fourth-order valence-electron chi connectivity index (χ4n) is 1.41. The Morgan fingerprint density at radius 2 is 1.94 bits per heavy atom. The maximum atomic E-state index is 5.93. The highest BCUT2D eigenvalue weighted by Gasteiger charge is 2.07. The van der Waals surface area contributed by atoms with Crippen LogP contribution in [-0.4, -0.2) is 16.6 Å². The summed E-state index contributed by atoms with van der Waals surface area (Å²) in [6, 6.07) is 1.67. The second-order valence-corrected chi connectivity index (χ2v) is 5.31. The van der Waals surface area contributed by atoms with Gasteiger partial charge in [0.15, 0.2) is 0 Å². The molecule has 0 aliphatic heterocycles. The number of ether oxygens (including phenoxy) is 1. The second kappa shape index (κ2) is 6.80. The Hall–Kier alpha value is -0.830. The van der Waals surface area contributed by atoms with Crippen LogP contribution in [0.4, 0.5) is 0 Å². The Labute approximate surface area is 109 Å². The summed E-state index contributed by atoms with van der Waals surface area (Å²) < 4.78 is 5.59. The molecule has 0 bridgehead atoms. The van der Waals surface area contributed by atoms with E-state index < -0.39 is 0 Å². The van der Waals surface area contributed by atoms with Gasteiger partial charge in [0, 0.05) is 12.0 Å². The molecule has 0 amide bonds. The van der Waals surface area contributed by atoms with Crippen LogP contribution in [0.15, 0.2) is 6.07 Å². The van der Waals surface area contributed by atoms with Gasteiger partial charge in [-0.05, 0) is 18.8 Å². The van der Waals surface area contributed by atoms with Crippen LogP contribution in [-0.2, 0) is 0 Å². The summed E-state index contributed by atoms with van der Waals surface area (Å²) in [7, 11) is 0. The SMILES string of the molecule is CC(C)CCCOc1cc(Cl)nc(C(C)C)n1. The maximum Gasteiger partial charge on any atom is 0.218 e. The molecule has 0 fully saturated rings. The Bertz CT molecular complexity index is 353. The van der Waals surface area contributed by atoms with Crippen molar-refractivity contribution in [2.75, 3.05) is 6.61 Å². The summed E-state index contributed by atoms with van der Waals surface area (Å²) in [5.74, 6) is 2.28. The molecule has 0 saturated carbocycles. The number of hydrogen-bond donors (Lipinski definition) is 0. The van der Waals surface area contributed by atoms with Gasteiger partial charge in [-0.25, -0.2) is 4.98 Å². The number of nitrogens with zero attached hydrogens (tertiary/aromatic N) is 2. The molecule has 0 spiro atoms. The minimum atomic E-state index is 0.256. The maximum absolute atomic E-state index is 5.93. The summed E-state index contributed by atoms with van der Waals surface area (Å²) in [5.41, 5.74) is 0. The lowest BCUT2D eigenvalue weighted by Gasteiger charge is -2.09. The highest BCUT2D eigenvalue weighted by molar-refractivity contribution is 6.29. The van der Waals surface area contributed by atoms with Crippen LogP contribution < -0.4 is 4.74 Å². The predicted octanol–water partition coefficient (Wildman–Crippen LogP) is 4.07. The molecule has 17 heavy (non-hydrogen) atoms. The van der Waals surface area contributed by atoms with Crippen molar-refractivity contribution < 1.29 is 4.74 Å². The number of rotatable bonds is 6. The van der Waals surface area contributed by atoms with Crippen molar-refractivity contribution in [3.8, 4) is 5.88 Å². The minimum Gasteiger partial charge on any atom is -0.478 e. The molecule has 0 saturated heterocycles. The van der Waals surface area contributed by atoms with Crippen molar-refractivity contribution in [2.45, 2.75) is 46.5 Å². The molecule has 0 aliphatic rings. The van der Waals surface area contributed by atoms with Crippen LogP contribution in [0, 0.1) is 5.92 Å². The standard InChI is InChI=1S/C13H21ClN2O/c1-9(2)6-5-7-17-12-8-11(14)15-13(16-12)10(3)4/h8-10H,5-7H2,1-4H3. The fraction of sp³-hybridized carbons (Fsp3) is 0.692. The van der Waals surface area contributed by atoms with Crippen molar-refractivity contribution in [1.82, 2.24) is 9.97 Å². The Kier molecular flexibility index (Phi) is 5.69.